The molecule has 0 rings (SSSR count). The Morgan fingerprint density at radius 1 is 1.38 bits per heavy atom. The van der Waals surface area contributed by atoms with Crippen molar-refractivity contribution >= 4 is 0 Å². The van der Waals surface area contributed by atoms with Crippen LogP contribution in [0.25, 0.3) is 0 Å². The van der Waals surface area contributed by atoms with Crippen LogP contribution in [-0.2, 0) is 0 Å². The van der Waals surface area contributed by atoms with E-state index in [9.17, 15) is 4.39 Å². The molecule has 0 amide bonds. The zero-order valence-electron chi connectivity index (χ0n) is 5.79. The van der Waals surface area contributed by atoms with Crippen LogP contribution >= 0.6 is 0 Å². The molecule has 0 heterocycles. The van der Waals surface area contributed by atoms with E-state index in [4.69, 9.17) is 0 Å². The van der Waals surface area contributed by atoms with Crippen LogP contribution in [-0.4, -0.2) is 18.8 Å². The third kappa shape index (κ3) is 5.89. The molecule has 0 radical (unpaired) electrons. The smallest absolute Gasteiger partial charge is 0.102 e. The molecule has 1 N–H and O–H groups in total. The summed E-state index contributed by atoms with van der Waals surface area (Å²) in [5.74, 6) is 0. The Balaban J connectivity index is 3.11. The minimum absolute atomic E-state index is 0.0616. The van der Waals surface area contributed by atoms with E-state index in [1.807, 2.05) is 20.8 Å². The fraction of sp³-hybridized carbons (Fsp3) is 1.00. The van der Waals surface area contributed by atoms with Crippen molar-refractivity contribution in [1.82, 2.24) is 5.32 Å². The highest BCUT2D eigenvalue weighted by atomic mass is 18.2. The van der Waals surface area contributed by atoms with E-state index in [0.29, 0.717) is 6.54 Å². The molecule has 0 saturated carbocycles. The Hall–Kier alpha value is -0.110. The summed E-state index contributed by atoms with van der Waals surface area (Å²) in [6.07, 6.45) is 0. The van der Waals surface area contributed by atoms with Gasteiger partial charge in [-0.05, 0) is 20.8 Å². The lowest BCUT2D eigenvalue weighted by Gasteiger charge is -2.18. The first-order valence-electron chi connectivity index (χ1n) is 2.87. The van der Waals surface area contributed by atoms with Crippen molar-refractivity contribution in [1.29, 1.82) is 0 Å². The van der Waals surface area contributed by atoms with Gasteiger partial charge in [-0.3, -0.25) is 0 Å². The first kappa shape index (κ1) is 7.89. The summed E-state index contributed by atoms with van der Waals surface area (Å²) < 4.78 is 11.5. The number of rotatable bonds is 2. The largest absolute Gasteiger partial charge is 0.309 e. The summed E-state index contributed by atoms with van der Waals surface area (Å²) in [7, 11) is 0. The molecule has 8 heavy (non-hydrogen) atoms. The quantitative estimate of drug-likeness (QED) is 0.577. The average Bonchev–Trinajstić information content (AvgIpc) is 1.59. The predicted molar refractivity (Wildman–Crippen MR) is 33.7 cm³/mol. The van der Waals surface area contributed by atoms with Crippen LogP contribution in [0.4, 0.5) is 4.39 Å². The Labute approximate surface area is 50.3 Å². The molecule has 0 aromatic heterocycles. The number of hydrogen-bond acceptors (Lipinski definition) is 1. The van der Waals surface area contributed by atoms with Crippen molar-refractivity contribution in [2.75, 3.05) is 13.2 Å². The van der Waals surface area contributed by atoms with Crippen molar-refractivity contribution in [3.8, 4) is 0 Å². The molecule has 0 atom stereocenters. The zero-order valence-corrected chi connectivity index (χ0v) is 5.79. The molecule has 0 aliphatic carbocycles. The van der Waals surface area contributed by atoms with Crippen LogP contribution < -0.4 is 5.32 Å². The fourth-order valence-corrected chi connectivity index (χ4v) is 0.422. The minimum Gasteiger partial charge on any atom is -0.309 e. The molecule has 0 saturated heterocycles. The van der Waals surface area contributed by atoms with Crippen molar-refractivity contribution in [3.05, 3.63) is 0 Å². The zero-order chi connectivity index (χ0) is 6.62. The molecule has 0 aromatic rings. The van der Waals surface area contributed by atoms with Gasteiger partial charge in [0, 0.05) is 12.1 Å². The van der Waals surface area contributed by atoms with Gasteiger partial charge in [-0.15, -0.1) is 0 Å². The van der Waals surface area contributed by atoms with Gasteiger partial charge in [0.15, 0.2) is 0 Å². The third-order valence-electron chi connectivity index (χ3n) is 0.750. The van der Waals surface area contributed by atoms with Gasteiger partial charge in [0.25, 0.3) is 0 Å². The van der Waals surface area contributed by atoms with Crippen LogP contribution in [0.5, 0.6) is 0 Å². The lowest BCUT2D eigenvalue weighted by Crippen LogP contribution is -2.37. The molecule has 0 aromatic carbocycles. The molecule has 0 bridgehead atoms. The highest BCUT2D eigenvalue weighted by molar-refractivity contribution is 4.68. The molecule has 0 aliphatic heterocycles. The van der Waals surface area contributed by atoms with Crippen LogP contribution in [0.1, 0.15) is 20.8 Å². The van der Waals surface area contributed by atoms with E-state index in [1.54, 1.807) is 0 Å². The number of halogens is 1. The van der Waals surface area contributed by atoms with Gasteiger partial charge in [-0.2, -0.15) is 0 Å². The van der Waals surface area contributed by atoms with E-state index in [2.05, 4.69) is 5.32 Å². The second-order valence-electron chi connectivity index (χ2n) is 2.87. The van der Waals surface area contributed by atoms with Gasteiger partial charge in [0.2, 0.25) is 0 Å². The van der Waals surface area contributed by atoms with E-state index >= 15 is 0 Å². The van der Waals surface area contributed by atoms with Gasteiger partial charge in [-0.25, -0.2) is 4.39 Å². The maximum Gasteiger partial charge on any atom is 0.102 e. The van der Waals surface area contributed by atoms with Gasteiger partial charge in [-0.1, -0.05) is 0 Å². The van der Waals surface area contributed by atoms with Gasteiger partial charge < -0.3 is 5.32 Å². The molecule has 50 valence electrons. The van der Waals surface area contributed by atoms with Crippen LogP contribution in [0.15, 0.2) is 0 Å². The van der Waals surface area contributed by atoms with Gasteiger partial charge in [0.05, 0.1) is 0 Å². The first-order valence-corrected chi connectivity index (χ1v) is 2.87. The lowest BCUT2D eigenvalue weighted by molar-refractivity contribution is 0.381. The summed E-state index contributed by atoms with van der Waals surface area (Å²) in [5, 5.41) is 3.00. The topological polar surface area (TPSA) is 12.0 Å². The molecule has 0 fully saturated rings. The van der Waals surface area contributed by atoms with Crippen molar-refractivity contribution in [3.63, 3.8) is 0 Å². The second-order valence-corrected chi connectivity index (χ2v) is 2.87. The SMILES string of the molecule is CC(C)(C)NCC[18F]. The van der Waals surface area contributed by atoms with E-state index in [0.717, 1.165) is 0 Å². The van der Waals surface area contributed by atoms with Crippen molar-refractivity contribution < 1.29 is 4.39 Å². The summed E-state index contributed by atoms with van der Waals surface area (Å²) in [6.45, 7) is 6.23. The Kier molecular flexibility index (Phi) is 2.98. The molecular weight excluding hydrogens is 104 g/mol. The number of hydrogen-bond donors (Lipinski definition) is 1. The third-order valence-corrected chi connectivity index (χ3v) is 0.750. The Morgan fingerprint density at radius 3 is 2.00 bits per heavy atom. The lowest BCUT2D eigenvalue weighted by atomic mass is 10.1. The van der Waals surface area contributed by atoms with E-state index in [1.165, 1.54) is 0 Å². The van der Waals surface area contributed by atoms with E-state index in [-0.39, 0.29) is 12.2 Å². The van der Waals surface area contributed by atoms with Crippen LogP contribution in [0.2, 0.25) is 0 Å². The minimum atomic E-state index is -0.280. The first-order chi connectivity index (χ1) is 3.56. The van der Waals surface area contributed by atoms with Crippen molar-refractivity contribution in [2.45, 2.75) is 26.3 Å². The summed E-state index contributed by atoms with van der Waals surface area (Å²) in [6, 6.07) is 0. The fourth-order valence-electron chi connectivity index (χ4n) is 0.422. The number of nitrogens with one attached hydrogen (secondary N) is 1. The number of alkyl halides is 1. The maximum absolute atomic E-state index is 11.5. The van der Waals surface area contributed by atoms with Crippen molar-refractivity contribution in [2.24, 2.45) is 0 Å². The van der Waals surface area contributed by atoms with Crippen LogP contribution in [0.3, 0.4) is 0 Å². The predicted octanol–water partition coefficient (Wildman–Crippen LogP) is 1.34. The average molecular weight is 118 g/mol. The molecule has 2 heteroatoms. The summed E-state index contributed by atoms with van der Waals surface area (Å²) >= 11 is 0. The Bertz CT molecular complexity index is 56.0. The van der Waals surface area contributed by atoms with Gasteiger partial charge in [0.1, 0.15) is 6.67 Å². The molecule has 1 nitrogen and oxygen atoms in total. The molecular formula is C6H14FN. The van der Waals surface area contributed by atoms with Gasteiger partial charge >= 0.3 is 0 Å². The monoisotopic (exact) mass is 118 g/mol. The summed E-state index contributed by atoms with van der Waals surface area (Å²) in [4.78, 5) is 0. The molecule has 0 spiro atoms. The standard InChI is InChI=1S/C6H14FN/c1-6(2,3)8-5-4-7/h8H,4-5H2,1-3H3/i7-1. The van der Waals surface area contributed by atoms with E-state index < -0.39 is 0 Å². The highest BCUT2D eigenvalue weighted by Gasteiger charge is 2.06. The maximum atomic E-state index is 11.5. The Morgan fingerprint density at radius 2 is 1.88 bits per heavy atom. The molecule has 0 aliphatic rings. The molecule has 0 unspecified atom stereocenters. The highest BCUT2D eigenvalue weighted by Crippen LogP contribution is 1.96. The van der Waals surface area contributed by atoms with Crippen LogP contribution in [0, 0.1) is 0 Å². The second kappa shape index (κ2) is 3.02. The summed E-state index contributed by atoms with van der Waals surface area (Å²) in [5.41, 5.74) is 0.0616. The normalized spacial score (nSPS) is 12.0.